The van der Waals surface area contributed by atoms with Crippen LogP contribution >= 0.6 is 11.3 Å². The average molecular weight is 302 g/mol. The Kier molecular flexibility index (Phi) is 4.56. The van der Waals surface area contributed by atoms with Crippen molar-refractivity contribution in [1.29, 1.82) is 0 Å². The Hall–Kier alpha value is -1.39. The molecule has 21 heavy (non-hydrogen) atoms. The SMILES string of the molecule is CCNC1CCCc2cc(OCc3cnc(C)s3)ccc21. The highest BCUT2D eigenvalue weighted by Gasteiger charge is 2.19. The van der Waals surface area contributed by atoms with E-state index in [0.717, 1.165) is 23.7 Å². The number of benzene rings is 1. The first-order valence-electron chi connectivity index (χ1n) is 7.66. The summed E-state index contributed by atoms with van der Waals surface area (Å²) in [4.78, 5) is 5.44. The standard InChI is InChI=1S/C17H22N2OS/c1-3-18-17-6-4-5-13-9-14(7-8-16(13)17)20-11-15-10-19-12(2)21-15/h7-10,17-18H,3-6,11H2,1-2H3. The van der Waals surface area contributed by atoms with Gasteiger partial charge in [0.15, 0.2) is 0 Å². The molecule has 0 saturated carbocycles. The van der Waals surface area contributed by atoms with Crippen molar-refractivity contribution in [2.75, 3.05) is 6.54 Å². The second kappa shape index (κ2) is 6.58. The zero-order chi connectivity index (χ0) is 14.7. The van der Waals surface area contributed by atoms with E-state index < -0.39 is 0 Å². The van der Waals surface area contributed by atoms with Crippen molar-refractivity contribution < 1.29 is 4.74 Å². The van der Waals surface area contributed by atoms with Crippen molar-refractivity contribution in [3.63, 3.8) is 0 Å². The minimum atomic E-state index is 0.511. The highest BCUT2D eigenvalue weighted by Crippen LogP contribution is 2.32. The smallest absolute Gasteiger partial charge is 0.124 e. The van der Waals surface area contributed by atoms with E-state index in [2.05, 4.69) is 35.4 Å². The normalized spacial score (nSPS) is 17.5. The molecule has 0 bridgehead atoms. The van der Waals surface area contributed by atoms with E-state index in [4.69, 9.17) is 4.74 Å². The summed E-state index contributed by atoms with van der Waals surface area (Å²) < 4.78 is 5.92. The first kappa shape index (κ1) is 14.5. The molecule has 0 radical (unpaired) electrons. The number of fused-ring (bicyclic) bond motifs is 1. The van der Waals surface area contributed by atoms with E-state index in [-0.39, 0.29) is 0 Å². The van der Waals surface area contributed by atoms with Gasteiger partial charge < -0.3 is 10.1 Å². The van der Waals surface area contributed by atoms with Gasteiger partial charge in [-0.05, 0) is 56.0 Å². The summed E-state index contributed by atoms with van der Waals surface area (Å²) in [6, 6.07) is 7.06. The molecule has 1 unspecified atom stereocenters. The highest BCUT2D eigenvalue weighted by molar-refractivity contribution is 7.11. The molecule has 0 saturated heterocycles. The molecule has 1 aliphatic carbocycles. The lowest BCUT2D eigenvalue weighted by molar-refractivity contribution is 0.308. The van der Waals surface area contributed by atoms with Gasteiger partial charge in [0, 0.05) is 12.2 Å². The zero-order valence-corrected chi connectivity index (χ0v) is 13.5. The van der Waals surface area contributed by atoms with Crippen molar-refractivity contribution in [1.82, 2.24) is 10.3 Å². The van der Waals surface area contributed by atoms with Crippen molar-refractivity contribution in [3.8, 4) is 5.75 Å². The van der Waals surface area contributed by atoms with E-state index in [9.17, 15) is 0 Å². The van der Waals surface area contributed by atoms with Crippen LogP contribution in [0.3, 0.4) is 0 Å². The molecule has 1 N–H and O–H groups in total. The van der Waals surface area contributed by atoms with Crippen LogP contribution in [0, 0.1) is 6.92 Å². The van der Waals surface area contributed by atoms with Crippen molar-refractivity contribution in [2.24, 2.45) is 0 Å². The number of hydrogen-bond acceptors (Lipinski definition) is 4. The molecule has 1 heterocycles. The van der Waals surface area contributed by atoms with Crippen LogP contribution in [-0.4, -0.2) is 11.5 Å². The summed E-state index contributed by atoms with van der Waals surface area (Å²) in [5, 5.41) is 4.66. The summed E-state index contributed by atoms with van der Waals surface area (Å²) in [6.07, 6.45) is 5.55. The Bertz CT molecular complexity index is 609. The molecule has 1 aromatic carbocycles. The molecule has 0 amide bonds. The number of thiazole rings is 1. The topological polar surface area (TPSA) is 34.1 Å². The second-order valence-corrected chi connectivity index (χ2v) is 6.82. The zero-order valence-electron chi connectivity index (χ0n) is 12.7. The third-order valence-electron chi connectivity index (χ3n) is 3.93. The second-order valence-electron chi connectivity index (χ2n) is 5.50. The van der Waals surface area contributed by atoms with Gasteiger partial charge in [-0.25, -0.2) is 4.98 Å². The third-order valence-corrected chi connectivity index (χ3v) is 4.82. The summed E-state index contributed by atoms with van der Waals surface area (Å²) in [5.41, 5.74) is 2.88. The molecule has 3 rings (SSSR count). The quantitative estimate of drug-likeness (QED) is 0.906. The number of aryl methyl sites for hydroxylation is 2. The van der Waals surface area contributed by atoms with Gasteiger partial charge in [0.25, 0.3) is 0 Å². The number of nitrogens with zero attached hydrogens (tertiary/aromatic N) is 1. The van der Waals surface area contributed by atoms with Gasteiger partial charge in [0.05, 0.1) is 9.88 Å². The fourth-order valence-corrected chi connectivity index (χ4v) is 3.67. The van der Waals surface area contributed by atoms with E-state index >= 15 is 0 Å². The van der Waals surface area contributed by atoms with Crippen LogP contribution in [0.2, 0.25) is 0 Å². The van der Waals surface area contributed by atoms with Gasteiger partial charge in [0.1, 0.15) is 12.4 Å². The summed E-state index contributed by atoms with van der Waals surface area (Å²) >= 11 is 1.70. The number of aromatic nitrogens is 1. The van der Waals surface area contributed by atoms with Crippen molar-refractivity contribution in [2.45, 2.75) is 45.8 Å². The van der Waals surface area contributed by atoms with Gasteiger partial charge in [-0.15, -0.1) is 11.3 Å². The maximum atomic E-state index is 5.92. The van der Waals surface area contributed by atoms with E-state index in [1.54, 1.807) is 11.3 Å². The highest BCUT2D eigenvalue weighted by atomic mass is 32.1. The van der Waals surface area contributed by atoms with Gasteiger partial charge >= 0.3 is 0 Å². The maximum Gasteiger partial charge on any atom is 0.124 e. The van der Waals surface area contributed by atoms with Crippen LogP contribution in [0.5, 0.6) is 5.75 Å². The Morgan fingerprint density at radius 3 is 3.10 bits per heavy atom. The number of ether oxygens (including phenoxy) is 1. The van der Waals surface area contributed by atoms with Crippen molar-refractivity contribution >= 4 is 11.3 Å². The molecule has 3 nitrogen and oxygen atoms in total. The van der Waals surface area contributed by atoms with Crippen LogP contribution < -0.4 is 10.1 Å². The predicted octanol–water partition coefficient (Wildman–Crippen LogP) is 4.02. The Labute approximate surface area is 130 Å². The Morgan fingerprint density at radius 1 is 1.43 bits per heavy atom. The lowest BCUT2D eigenvalue weighted by Gasteiger charge is -2.26. The molecule has 112 valence electrons. The van der Waals surface area contributed by atoms with Crippen LogP contribution in [0.25, 0.3) is 0 Å². The number of nitrogens with one attached hydrogen (secondary N) is 1. The first-order valence-corrected chi connectivity index (χ1v) is 8.48. The molecule has 2 aromatic rings. The van der Waals surface area contributed by atoms with Crippen LogP contribution in [0.4, 0.5) is 0 Å². The molecule has 4 heteroatoms. The Morgan fingerprint density at radius 2 is 2.33 bits per heavy atom. The fraction of sp³-hybridized carbons (Fsp3) is 0.471. The molecule has 0 aliphatic heterocycles. The first-order chi connectivity index (χ1) is 10.3. The average Bonchev–Trinajstić information content (AvgIpc) is 2.91. The van der Waals surface area contributed by atoms with Crippen LogP contribution in [0.15, 0.2) is 24.4 Å². The van der Waals surface area contributed by atoms with E-state index in [0.29, 0.717) is 12.6 Å². The minimum Gasteiger partial charge on any atom is -0.488 e. The van der Waals surface area contributed by atoms with Gasteiger partial charge in [-0.2, -0.15) is 0 Å². The molecular formula is C17H22N2OS. The molecule has 1 atom stereocenters. The van der Waals surface area contributed by atoms with Crippen molar-refractivity contribution in [3.05, 3.63) is 45.4 Å². The molecule has 0 spiro atoms. The fourth-order valence-electron chi connectivity index (χ4n) is 2.97. The van der Waals surface area contributed by atoms with Gasteiger partial charge in [-0.3, -0.25) is 0 Å². The van der Waals surface area contributed by atoms with Crippen LogP contribution in [-0.2, 0) is 13.0 Å². The van der Waals surface area contributed by atoms with Crippen LogP contribution in [0.1, 0.15) is 46.8 Å². The third kappa shape index (κ3) is 3.44. The van der Waals surface area contributed by atoms with E-state index in [1.165, 1.54) is 28.8 Å². The summed E-state index contributed by atoms with van der Waals surface area (Å²) in [5.74, 6) is 0.969. The number of rotatable bonds is 5. The number of hydrogen-bond donors (Lipinski definition) is 1. The summed E-state index contributed by atoms with van der Waals surface area (Å²) in [7, 11) is 0. The lowest BCUT2D eigenvalue weighted by atomic mass is 9.87. The molecule has 0 fully saturated rings. The molecule has 1 aliphatic rings. The maximum absolute atomic E-state index is 5.92. The van der Waals surface area contributed by atoms with E-state index in [1.807, 2.05) is 13.1 Å². The van der Waals surface area contributed by atoms with Gasteiger partial charge in [0.2, 0.25) is 0 Å². The predicted molar refractivity (Wildman–Crippen MR) is 87.0 cm³/mol. The Balaban J connectivity index is 1.70. The molecular weight excluding hydrogens is 280 g/mol. The largest absolute Gasteiger partial charge is 0.488 e. The monoisotopic (exact) mass is 302 g/mol. The minimum absolute atomic E-state index is 0.511. The van der Waals surface area contributed by atoms with Gasteiger partial charge in [-0.1, -0.05) is 13.0 Å². The lowest BCUT2D eigenvalue weighted by Crippen LogP contribution is -2.24. The summed E-state index contributed by atoms with van der Waals surface area (Å²) in [6.45, 7) is 5.82. The molecule has 1 aromatic heterocycles.